The van der Waals surface area contributed by atoms with Crippen molar-refractivity contribution in [3.05, 3.63) is 0 Å². The lowest BCUT2D eigenvalue weighted by Crippen LogP contribution is -3.00. The average molecular weight is 189 g/mol. The Hall–Kier alpha value is 0.830. The largest absolute Gasteiger partial charge is 1.00 e. The maximum absolute atomic E-state index is 7.25. The van der Waals surface area contributed by atoms with Gasteiger partial charge in [0.25, 0.3) is 0 Å². The van der Waals surface area contributed by atoms with E-state index in [4.69, 9.17) is 37.0 Å². The lowest BCUT2D eigenvalue weighted by molar-refractivity contribution is -0.646. The summed E-state index contributed by atoms with van der Waals surface area (Å²) in [6.07, 6.45) is 0. The maximum atomic E-state index is 7.25. The Kier molecular flexibility index (Phi) is 2.57. The minimum absolute atomic E-state index is 0. The van der Waals surface area contributed by atoms with E-state index in [1.165, 1.54) is 0 Å². The first kappa shape index (κ1) is 1.91. The van der Waals surface area contributed by atoms with Crippen LogP contribution >= 0.6 is 23.2 Å². The minimum atomic E-state index is -3.56. The van der Waals surface area contributed by atoms with Gasteiger partial charge in [0.15, 0.2) is 0 Å². The smallest absolute Gasteiger partial charge is 0.346 e. The third kappa shape index (κ3) is 9.95. The second-order valence-corrected chi connectivity index (χ2v) is 0.902. The van der Waals surface area contributed by atoms with E-state index in [0.29, 0.717) is 0 Å². The summed E-state index contributed by atoms with van der Waals surface area (Å²) in [6.45, 7) is -7.11. The highest BCUT2D eigenvalue weighted by molar-refractivity contribution is 6.18. The first-order valence-electron chi connectivity index (χ1n) is 6.22. The van der Waals surface area contributed by atoms with E-state index < -0.39 is 30.0 Å². The highest BCUT2D eigenvalue weighted by atomic mass is 35.5. The molecule has 0 aromatic heterocycles. The number of quaternary nitrogens is 1. The zero-order chi connectivity index (χ0) is 14.5. The van der Waals surface area contributed by atoms with Crippen molar-refractivity contribution < 1.29 is 31.5 Å². The van der Waals surface area contributed by atoms with Gasteiger partial charge in [0.2, 0.25) is 0 Å². The predicted molar refractivity (Wildman–Crippen MR) is 33.1 cm³/mol. The molecule has 2 N–H and O–H groups in total. The Bertz CT molecular complexity index is 264. The first-order chi connectivity index (χ1) is 7.00. The van der Waals surface area contributed by atoms with Gasteiger partial charge in [-0.05, 0) is 0 Å². The summed E-state index contributed by atoms with van der Waals surface area (Å²) >= 11 is 10.1. The summed E-state index contributed by atoms with van der Waals surface area (Å²) in [7, 11) is 0. The van der Waals surface area contributed by atoms with Crippen LogP contribution in [0.3, 0.4) is 0 Å². The fraction of sp³-hybridized carbons (Fsp3) is 1.00. The van der Waals surface area contributed by atoms with Crippen LogP contribution in [0, 0.1) is 0 Å². The number of alkyl halides is 2. The van der Waals surface area contributed by atoms with Crippen molar-refractivity contribution in [3.63, 3.8) is 0 Å². The van der Waals surface area contributed by atoms with Crippen molar-refractivity contribution in [1.29, 1.82) is 0 Å². The Morgan fingerprint density at radius 1 is 1.38 bits per heavy atom. The molecule has 4 heteroatoms. The average Bonchev–Trinajstić information content (AvgIpc) is 1.98. The fourth-order valence-corrected chi connectivity index (χ4v) is 0.155. The van der Waals surface area contributed by atoms with Gasteiger partial charge in [0.1, 0.15) is 0 Å². The Balaban J connectivity index is 0. The monoisotopic (exact) mass is 187 g/mol. The van der Waals surface area contributed by atoms with Crippen LogP contribution in [0.15, 0.2) is 0 Å². The van der Waals surface area contributed by atoms with Crippen molar-refractivity contribution >= 4 is 23.2 Å². The zero-order valence-corrected chi connectivity index (χ0v) is 5.85. The van der Waals surface area contributed by atoms with E-state index >= 15 is 0 Å². The molecule has 0 aromatic rings. The van der Waals surface area contributed by atoms with Crippen molar-refractivity contribution in [2.75, 3.05) is 24.7 Å². The predicted octanol–water partition coefficient (Wildman–Crippen LogP) is -2.97. The molecule has 0 aliphatic carbocycles. The van der Waals surface area contributed by atoms with Gasteiger partial charge in [-0.3, -0.25) is 0 Å². The molecule has 0 atom stereocenters. The van der Waals surface area contributed by atoms with E-state index in [2.05, 4.69) is 0 Å². The summed E-state index contributed by atoms with van der Waals surface area (Å²) in [5.41, 5.74) is 0. The van der Waals surface area contributed by atoms with Gasteiger partial charge >= 0.3 is 2.82 Å². The second kappa shape index (κ2) is 10.7. The molecular formula is C4H10Cl3N. The Morgan fingerprint density at radius 3 is 2.00 bits per heavy atom. The summed E-state index contributed by atoms with van der Waals surface area (Å²) in [5, 5.41) is -2.83. The summed E-state index contributed by atoms with van der Waals surface area (Å²) in [6, 6.07) is 0. The molecule has 0 bridgehead atoms. The summed E-state index contributed by atoms with van der Waals surface area (Å²) in [4.78, 5) is 0. The second-order valence-electron chi connectivity index (χ2n) is 0.524. The van der Waals surface area contributed by atoms with Gasteiger partial charge in [-0.25, -0.2) is 0 Å². The lowest BCUT2D eigenvalue weighted by atomic mass is 10.7. The lowest BCUT2D eigenvalue weighted by Gasteiger charge is -1.90. The fourth-order valence-electron chi connectivity index (χ4n) is 0.0702. The van der Waals surface area contributed by atoms with Crippen molar-refractivity contribution in [1.82, 2.24) is 0 Å². The van der Waals surface area contributed by atoms with E-state index in [1.54, 1.807) is 0 Å². The molecule has 52 valence electrons. The molecule has 0 spiro atoms. The Morgan fingerprint density at radius 2 is 1.75 bits per heavy atom. The highest BCUT2D eigenvalue weighted by Crippen LogP contribution is 1.64. The van der Waals surface area contributed by atoms with E-state index in [9.17, 15) is 0 Å². The van der Waals surface area contributed by atoms with Crippen LogP contribution in [0.4, 0.5) is 0 Å². The third-order valence-corrected chi connectivity index (χ3v) is 0.365. The molecule has 0 rings (SSSR count). The number of hydrogen-bond acceptors (Lipinski definition) is 0. The Labute approximate surface area is 80.3 Å². The van der Waals surface area contributed by atoms with E-state index in [-0.39, 0.29) is 12.4 Å². The molecule has 0 aliphatic heterocycles. The minimum Gasteiger partial charge on any atom is -1.00 e. The molecule has 0 saturated carbocycles. The van der Waals surface area contributed by atoms with Crippen LogP contribution in [-0.4, -0.2) is 24.7 Å². The summed E-state index contributed by atoms with van der Waals surface area (Å²) < 4.78 is 71.1. The molecule has 1 nitrogen and oxygen atoms in total. The van der Waals surface area contributed by atoms with Gasteiger partial charge < -0.3 is 17.7 Å². The first-order valence-corrected chi connectivity index (χ1v) is 2.08. The van der Waals surface area contributed by atoms with Crippen molar-refractivity contribution in [3.8, 4) is 0 Å². The molecule has 0 fully saturated rings. The summed E-state index contributed by atoms with van der Waals surface area (Å²) in [5.74, 6) is -6.52. The third-order valence-electron chi connectivity index (χ3n) is 0.196. The van der Waals surface area contributed by atoms with Gasteiger partial charge in [-0.2, -0.15) is 0 Å². The number of nitrogens with two attached hydrogens (primary N) is 1. The molecule has 0 heterocycles. The molecule has 0 aliphatic rings. The van der Waals surface area contributed by atoms with Gasteiger partial charge in [0.05, 0.1) is 30.1 Å². The van der Waals surface area contributed by atoms with Crippen LogP contribution in [0.5, 0.6) is 0 Å². The van der Waals surface area contributed by atoms with Crippen LogP contribution in [0.2, 0.25) is 2.82 Å². The SMILES string of the molecule is [2H]C([2H])(Cl)C([2H])([2H])[N+]([2H])([2H])C([2H])([2H])C([2H])([2H])Cl.[Cl-]. The van der Waals surface area contributed by atoms with Crippen LogP contribution < -0.4 is 17.7 Å². The molecule has 0 radical (unpaired) electrons. The van der Waals surface area contributed by atoms with Crippen LogP contribution in [0.1, 0.15) is 11.0 Å². The molecule has 0 amide bonds. The number of rotatable bonds is 4. The van der Waals surface area contributed by atoms with Crippen molar-refractivity contribution in [2.24, 2.45) is 0 Å². The standard InChI is InChI=1S/C4H9Cl2N.ClH/c5-1-3-7-4-2-6;/h7H,1-4H2;1H/i1D2,2D2,3D2,4D2;/hD2. The molecule has 8 heavy (non-hydrogen) atoms. The zero-order valence-electron chi connectivity index (χ0n) is 13.6. The quantitative estimate of drug-likeness (QED) is 0.454. The van der Waals surface area contributed by atoms with Gasteiger partial charge in [-0.15, -0.1) is 23.2 Å². The van der Waals surface area contributed by atoms with Crippen LogP contribution in [-0.2, 0) is 0 Å². The number of hydrogen-bond donors (Lipinski definition) is 1. The van der Waals surface area contributed by atoms with E-state index in [0.717, 1.165) is 0 Å². The molecule has 0 aromatic carbocycles. The van der Waals surface area contributed by atoms with Gasteiger partial charge in [0, 0.05) is 5.48 Å². The molecular weight excluding hydrogens is 168 g/mol. The van der Waals surface area contributed by atoms with Crippen LogP contribution in [0.25, 0.3) is 0 Å². The normalized spacial score (nSPS) is 35.8. The molecule has 0 saturated heterocycles. The van der Waals surface area contributed by atoms with Crippen molar-refractivity contribution in [2.45, 2.75) is 0 Å². The number of halogens is 3. The van der Waals surface area contributed by atoms with E-state index in [1.807, 2.05) is 0 Å². The topological polar surface area (TPSA) is 16.6 Å². The maximum Gasteiger partial charge on any atom is 0.346 e. The highest BCUT2D eigenvalue weighted by Gasteiger charge is 1.83. The van der Waals surface area contributed by atoms with Gasteiger partial charge in [-0.1, -0.05) is 0 Å². The molecule has 0 unspecified atom stereocenters.